The van der Waals surface area contributed by atoms with E-state index >= 15 is 0 Å². The van der Waals surface area contributed by atoms with E-state index in [0.29, 0.717) is 12.8 Å². The van der Waals surface area contributed by atoms with Gasteiger partial charge >= 0.3 is 11.9 Å². The van der Waals surface area contributed by atoms with Crippen molar-refractivity contribution >= 4 is 11.9 Å². The summed E-state index contributed by atoms with van der Waals surface area (Å²) in [6.45, 7) is 3.99. The zero-order valence-corrected chi connectivity index (χ0v) is 30.5. The van der Waals surface area contributed by atoms with Crippen LogP contribution >= 0.6 is 0 Å². The third kappa shape index (κ3) is 36.3. The molecule has 5 heteroatoms. The number of carbonyl (C=O) groups excluding carboxylic acids is 2. The van der Waals surface area contributed by atoms with Crippen molar-refractivity contribution in [3.63, 3.8) is 0 Å². The Labute approximate surface area is 290 Å². The molecule has 0 aromatic rings. The van der Waals surface area contributed by atoms with Crippen LogP contribution in [0.25, 0.3) is 0 Å². The lowest BCUT2D eigenvalue weighted by Gasteiger charge is -2.15. The van der Waals surface area contributed by atoms with Crippen molar-refractivity contribution in [2.75, 3.05) is 13.2 Å². The minimum atomic E-state index is -0.781. The number of carbonyl (C=O) groups is 2. The van der Waals surface area contributed by atoms with E-state index in [2.05, 4.69) is 74.6 Å². The molecule has 0 amide bonds. The average Bonchev–Trinajstić information content (AvgIpc) is 3.07. The molecule has 1 unspecified atom stereocenters. The molecular formula is C42H72O5. The van der Waals surface area contributed by atoms with E-state index in [1.165, 1.54) is 57.8 Å². The summed E-state index contributed by atoms with van der Waals surface area (Å²) in [5, 5.41) is 9.54. The summed E-state index contributed by atoms with van der Waals surface area (Å²) >= 11 is 0. The number of hydrogen-bond acceptors (Lipinski definition) is 5. The van der Waals surface area contributed by atoms with Crippen LogP contribution in [0, 0.1) is 0 Å². The maximum atomic E-state index is 12.2. The summed E-state index contributed by atoms with van der Waals surface area (Å²) in [5.41, 5.74) is 0. The van der Waals surface area contributed by atoms with Gasteiger partial charge in [-0.05, 0) is 57.8 Å². The predicted molar refractivity (Wildman–Crippen MR) is 200 cm³/mol. The summed E-state index contributed by atoms with van der Waals surface area (Å²) in [7, 11) is 0. The highest BCUT2D eigenvalue weighted by molar-refractivity contribution is 5.70. The topological polar surface area (TPSA) is 72.8 Å². The highest BCUT2D eigenvalue weighted by atomic mass is 16.6. The molecule has 47 heavy (non-hydrogen) atoms. The molecule has 1 atom stereocenters. The number of unbranched alkanes of at least 4 members (excludes halogenated alkanes) is 16. The molecule has 0 aliphatic heterocycles. The average molecular weight is 657 g/mol. The Morgan fingerprint density at radius 3 is 1.38 bits per heavy atom. The van der Waals surface area contributed by atoms with Gasteiger partial charge < -0.3 is 14.6 Å². The third-order valence-electron chi connectivity index (χ3n) is 8.08. The molecule has 0 saturated heterocycles. The quantitative estimate of drug-likeness (QED) is 0.0424. The molecule has 0 aliphatic carbocycles. The first-order valence-electron chi connectivity index (χ1n) is 19.3. The fourth-order valence-corrected chi connectivity index (χ4v) is 5.17. The predicted octanol–water partition coefficient (Wildman–Crippen LogP) is 12.0. The van der Waals surface area contributed by atoms with Crippen LogP contribution in [0.15, 0.2) is 60.8 Å². The number of rotatable bonds is 34. The van der Waals surface area contributed by atoms with Crippen LogP contribution in [0.4, 0.5) is 0 Å². The maximum Gasteiger partial charge on any atom is 0.306 e. The van der Waals surface area contributed by atoms with Crippen molar-refractivity contribution in [2.45, 2.75) is 180 Å². The molecule has 0 rings (SSSR count). The largest absolute Gasteiger partial charge is 0.462 e. The van der Waals surface area contributed by atoms with Crippen molar-refractivity contribution in [2.24, 2.45) is 0 Å². The molecule has 270 valence electrons. The van der Waals surface area contributed by atoms with E-state index in [1.807, 2.05) is 0 Å². The molecule has 0 bridgehead atoms. The monoisotopic (exact) mass is 657 g/mol. The van der Waals surface area contributed by atoms with Crippen molar-refractivity contribution < 1.29 is 24.2 Å². The van der Waals surface area contributed by atoms with Crippen molar-refractivity contribution in [3.05, 3.63) is 60.8 Å². The van der Waals surface area contributed by atoms with Crippen LogP contribution in [0.3, 0.4) is 0 Å². The number of ether oxygens (including phenoxy) is 2. The SMILES string of the molecule is CC/C=C\C/C=C\C/C=C\C/C=C\C/C=C\CCCCCCCC(=O)OC(CO)COC(=O)CCCCCCCCCCCCCC. The number of allylic oxidation sites excluding steroid dienone is 10. The van der Waals surface area contributed by atoms with E-state index in [-0.39, 0.29) is 25.2 Å². The van der Waals surface area contributed by atoms with Gasteiger partial charge in [0.25, 0.3) is 0 Å². The molecule has 0 heterocycles. The Hall–Kier alpha value is -2.40. The van der Waals surface area contributed by atoms with Gasteiger partial charge in [0.1, 0.15) is 6.61 Å². The molecule has 0 saturated carbocycles. The van der Waals surface area contributed by atoms with E-state index < -0.39 is 6.10 Å². The van der Waals surface area contributed by atoms with E-state index in [0.717, 1.165) is 89.9 Å². The van der Waals surface area contributed by atoms with Crippen molar-refractivity contribution in [3.8, 4) is 0 Å². The first-order chi connectivity index (χ1) is 23.1. The van der Waals surface area contributed by atoms with Crippen molar-refractivity contribution in [1.82, 2.24) is 0 Å². The molecular weight excluding hydrogens is 584 g/mol. The second kappa shape index (κ2) is 38.1. The van der Waals surface area contributed by atoms with Crippen LogP contribution in [0.2, 0.25) is 0 Å². The molecule has 0 aliphatic rings. The molecule has 5 nitrogen and oxygen atoms in total. The van der Waals surface area contributed by atoms with Gasteiger partial charge in [0.15, 0.2) is 6.10 Å². The lowest BCUT2D eigenvalue weighted by molar-refractivity contribution is -0.161. The Bertz CT molecular complexity index is 838. The minimum Gasteiger partial charge on any atom is -0.462 e. The minimum absolute atomic E-state index is 0.0743. The van der Waals surface area contributed by atoms with Gasteiger partial charge in [0.2, 0.25) is 0 Å². The number of aliphatic hydroxyl groups is 1. The standard InChI is InChI=1S/C42H72O5/c1-3-5-7-9-11-13-15-17-18-19-20-21-22-23-24-25-27-29-31-33-35-37-42(45)47-40(38-43)39-46-41(44)36-34-32-30-28-26-16-14-12-10-8-6-4-2/h5,7,11,13,17-18,20-21,23-24,40,43H,3-4,6,8-10,12,14-16,19,22,25-39H2,1-2H3/b7-5-,13-11-,18-17-,21-20-,24-23-. The van der Waals surface area contributed by atoms with Gasteiger partial charge in [-0.3, -0.25) is 9.59 Å². The van der Waals surface area contributed by atoms with Gasteiger partial charge in [-0.2, -0.15) is 0 Å². The molecule has 0 aromatic heterocycles. The normalized spacial score (nSPS) is 12.8. The van der Waals surface area contributed by atoms with E-state index in [1.54, 1.807) is 0 Å². The van der Waals surface area contributed by atoms with Gasteiger partial charge in [0.05, 0.1) is 6.61 Å². The van der Waals surface area contributed by atoms with Gasteiger partial charge in [-0.25, -0.2) is 0 Å². The third-order valence-corrected chi connectivity index (χ3v) is 8.08. The number of esters is 2. The summed E-state index contributed by atoms with van der Waals surface area (Å²) in [6, 6.07) is 0. The van der Waals surface area contributed by atoms with Gasteiger partial charge in [-0.1, -0.05) is 164 Å². The Kier molecular flexibility index (Phi) is 36.1. The maximum absolute atomic E-state index is 12.2. The van der Waals surface area contributed by atoms with Crippen LogP contribution in [0.5, 0.6) is 0 Å². The zero-order chi connectivity index (χ0) is 34.3. The Morgan fingerprint density at radius 1 is 0.511 bits per heavy atom. The van der Waals surface area contributed by atoms with E-state index in [4.69, 9.17) is 9.47 Å². The van der Waals surface area contributed by atoms with Crippen molar-refractivity contribution in [1.29, 1.82) is 0 Å². The second-order valence-electron chi connectivity index (χ2n) is 12.6. The van der Waals surface area contributed by atoms with Crippen LogP contribution in [-0.4, -0.2) is 36.4 Å². The fourth-order valence-electron chi connectivity index (χ4n) is 5.17. The van der Waals surface area contributed by atoms with Gasteiger partial charge in [-0.15, -0.1) is 0 Å². The molecule has 0 aromatic carbocycles. The summed E-state index contributed by atoms with van der Waals surface area (Å²) < 4.78 is 10.6. The van der Waals surface area contributed by atoms with Crippen LogP contribution in [-0.2, 0) is 19.1 Å². The Morgan fingerprint density at radius 2 is 0.915 bits per heavy atom. The lowest BCUT2D eigenvalue weighted by atomic mass is 10.0. The first kappa shape index (κ1) is 44.6. The second-order valence-corrected chi connectivity index (χ2v) is 12.6. The van der Waals surface area contributed by atoms with Crippen LogP contribution < -0.4 is 0 Å². The zero-order valence-electron chi connectivity index (χ0n) is 30.5. The van der Waals surface area contributed by atoms with Crippen LogP contribution in [0.1, 0.15) is 174 Å². The summed E-state index contributed by atoms with van der Waals surface area (Å²) in [5.74, 6) is -0.615. The number of hydrogen-bond donors (Lipinski definition) is 1. The molecule has 0 radical (unpaired) electrons. The highest BCUT2D eigenvalue weighted by Gasteiger charge is 2.16. The van der Waals surface area contributed by atoms with Gasteiger partial charge in [0, 0.05) is 12.8 Å². The molecule has 1 N–H and O–H groups in total. The first-order valence-corrected chi connectivity index (χ1v) is 19.3. The summed E-state index contributed by atoms with van der Waals surface area (Å²) in [4.78, 5) is 24.2. The highest BCUT2D eigenvalue weighted by Crippen LogP contribution is 2.13. The molecule has 0 spiro atoms. The van der Waals surface area contributed by atoms with E-state index in [9.17, 15) is 14.7 Å². The lowest BCUT2D eigenvalue weighted by Crippen LogP contribution is -2.28. The molecule has 0 fully saturated rings. The fraction of sp³-hybridized carbons (Fsp3) is 0.714. The summed E-state index contributed by atoms with van der Waals surface area (Å²) in [6.07, 6.45) is 48.5. The number of aliphatic hydroxyl groups excluding tert-OH is 1. The Balaban J connectivity index is 3.63. The smallest absolute Gasteiger partial charge is 0.306 e.